The summed E-state index contributed by atoms with van der Waals surface area (Å²) in [7, 11) is -4.08. The van der Waals surface area contributed by atoms with Crippen LogP contribution in [0.5, 0.6) is 0 Å². The van der Waals surface area contributed by atoms with Crippen LogP contribution >= 0.6 is 0 Å². The van der Waals surface area contributed by atoms with Crippen LogP contribution in [0.1, 0.15) is 12.0 Å². The SMILES string of the molecule is O=C1C[C@H](NS(=O)(=O)N2CCN(c3ccc(C(F)(F)F)cc3)CC2)C(=O)N1O. The van der Waals surface area contributed by atoms with Gasteiger partial charge in [0, 0.05) is 31.9 Å². The molecule has 2 fully saturated rings. The molecule has 2 aliphatic heterocycles. The Bertz CT molecular complexity index is 867. The number of halogens is 3. The molecule has 9 nitrogen and oxygen atoms in total. The second-order valence-electron chi connectivity index (χ2n) is 6.35. The van der Waals surface area contributed by atoms with Crippen molar-refractivity contribution in [2.75, 3.05) is 31.1 Å². The van der Waals surface area contributed by atoms with Crippen LogP contribution in [-0.4, -0.2) is 67.0 Å². The molecule has 13 heteroatoms. The summed E-state index contributed by atoms with van der Waals surface area (Å²) in [6.45, 7) is 0.536. The monoisotopic (exact) mass is 422 g/mol. The van der Waals surface area contributed by atoms with E-state index in [0.717, 1.165) is 16.4 Å². The molecule has 0 spiro atoms. The first-order valence-corrected chi connectivity index (χ1v) is 9.68. The van der Waals surface area contributed by atoms with Gasteiger partial charge in [0.15, 0.2) is 0 Å². The zero-order chi connectivity index (χ0) is 20.7. The normalized spacial score (nSPS) is 22.2. The number of piperazine rings is 1. The Morgan fingerprint density at radius 3 is 2.07 bits per heavy atom. The molecular weight excluding hydrogens is 405 g/mol. The minimum Gasteiger partial charge on any atom is -0.369 e. The van der Waals surface area contributed by atoms with Crippen LogP contribution in [-0.2, 0) is 26.0 Å². The van der Waals surface area contributed by atoms with Crippen molar-refractivity contribution in [3.8, 4) is 0 Å². The van der Waals surface area contributed by atoms with Gasteiger partial charge in [-0.25, -0.2) is 0 Å². The molecule has 0 saturated carbocycles. The summed E-state index contributed by atoms with van der Waals surface area (Å²) in [6, 6.07) is 3.20. The van der Waals surface area contributed by atoms with Gasteiger partial charge in [-0.15, -0.1) is 0 Å². The average molecular weight is 422 g/mol. The average Bonchev–Trinajstić information content (AvgIpc) is 2.87. The van der Waals surface area contributed by atoms with Gasteiger partial charge in [-0.1, -0.05) is 0 Å². The van der Waals surface area contributed by atoms with Crippen molar-refractivity contribution >= 4 is 27.7 Å². The maximum absolute atomic E-state index is 12.6. The van der Waals surface area contributed by atoms with Gasteiger partial charge in [-0.2, -0.15) is 35.7 Å². The fourth-order valence-electron chi connectivity index (χ4n) is 3.01. The Labute approximate surface area is 158 Å². The van der Waals surface area contributed by atoms with E-state index in [-0.39, 0.29) is 31.2 Å². The Hall–Kier alpha value is -2.22. The van der Waals surface area contributed by atoms with E-state index in [1.54, 1.807) is 4.90 Å². The van der Waals surface area contributed by atoms with Gasteiger partial charge in [-0.3, -0.25) is 14.8 Å². The van der Waals surface area contributed by atoms with Crippen LogP contribution in [0.2, 0.25) is 0 Å². The minimum absolute atomic E-state index is 0.0358. The lowest BCUT2D eigenvalue weighted by Gasteiger charge is -2.35. The first-order valence-electron chi connectivity index (χ1n) is 8.24. The fourth-order valence-corrected chi connectivity index (χ4v) is 4.35. The first kappa shape index (κ1) is 20.5. The number of rotatable bonds is 4. The number of carbonyl (C=O) groups is 2. The number of hydrogen-bond donors (Lipinski definition) is 2. The molecule has 1 aromatic carbocycles. The van der Waals surface area contributed by atoms with E-state index in [0.29, 0.717) is 5.69 Å². The molecule has 2 aliphatic rings. The van der Waals surface area contributed by atoms with Crippen molar-refractivity contribution < 1.29 is 36.4 Å². The van der Waals surface area contributed by atoms with Gasteiger partial charge < -0.3 is 4.90 Å². The number of nitrogens with zero attached hydrogens (tertiary/aromatic N) is 3. The minimum atomic E-state index is -4.43. The van der Waals surface area contributed by atoms with E-state index in [4.69, 9.17) is 0 Å². The highest BCUT2D eigenvalue weighted by Gasteiger charge is 2.42. The van der Waals surface area contributed by atoms with E-state index in [1.165, 1.54) is 12.1 Å². The first-order chi connectivity index (χ1) is 13.0. The summed E-state index contributed by atoms with van der Waals surface area (Å²) < 4.78 is 65.9. The van der Waals surface area contributed by atoms with Crippen molar-refractivity contribution in [1.82, 2.24) is 14.1 Å². The quantitative estimate of drug-likeness (QED) is 0.529. The summed E-state index contributed by atoms with van der Waals surface area (Å²) in [5.74, 6) is -1.94. The summed E-state index contributed by atoms with van der Waals surface area (Å²) in [4.78, 5) is 24.6. The fraction of sp³-hybridized carbons (Fsp3) is 0.467. The molecule has 0 bridgehead atoms. The number of amides is 2. The molecule has 2 amide bonds. The standard InChI is InChI=1S/C15H17F3N4O5S/c16-15(17,18)10-1-3-11(4-2-10)20-5-7-21(8-6-20)28(26,27)19-12-9-13(23)22(25)14(12)24/h1-4,12,19,25H,5-9H2/t12-/m0/s1. The number of benzene rings is 1. The number of hydroxylamine groups is 2. The van der Waals surface area contributed by atoms with Crippen molar-refractivity contribution in [3.05, 3.63) is 29.8 Å². The Morgan fingerprint density at radius 2 is 1.61 bits per heavy atom. The number of carbonyl (C=O) groups excluding carboxylic acids is 2. The highest BCUT2D eigenvalue weighted by atomic mass is 32.2. The third-order valence-corrected chi connectivity index (χ3v) is 6.18. The molecule has 0 radical (unpaired) electrons. The number of nitrogens with one attached hydrogen (secondary N) is 1. The number of alkyl halides is 3. The third-order valence-electron chi connectivity index (χ3n) is 4.55. The van der Waals surface area contributed by atoms with Gasteiger partial charge in [0.25, 0.3) is 22.0 Å². The second-order valence-corrected chi connectivity index (χ2v) is 8.06. The molecule has 2 saturated heterocycles. The molecular formula is C15H17F3N4O5S. The molecule has 0 aliphatic carbocycles. The summed E-state index contributed by atoms with van der Waals surface area (Å²) >= 11 is 0. The third kappa shape index (κ3) is 4.11. The highest BCUT2D eigenvalue weighted by molar-refractivity contribution is 7.87. The summed E-state index contributed by atoms with van der Waals surface area (Å²) in [5, 5.41) is 9.07. The van der Waals surface area contributed by atoms with E-state index in [9.17, 15) is 36.4 Å². The Kier molecular flexibility index (Phi) is 5.36. The maximum Gasteiger partial charge on any atom is 0.416 e. The van der Waals surface area contributed by atoms with Crippen LogP contribution in [0.3, 0.4) is 0 Å². The maximum atomic E-state index is 12.6. The summed E-state index contributed by atoms with van der Waals surface area (Å²) in [6.07, 6.45) is -4.90. The van der Waals surface area contributed by atoms with E-state index in [1.807, 2.05) is 0 Å². The largest absolute Gasteiger partial charge is 0.416 e. The van der Waals surface area contributed by atoms with Gasteiger partial charge >= 0.3 is 6.18 Å². The van der Waals surface area contributed by atoms with Crippen LogP contribution in [0.15, 0.2) is 24.3 Å². The molecule has 3 rings (SSSR count). The number of imide groups is 1. The van der Waals surface area contributed by atoms with Crippen molar-refractivity contribution in [2.45, 2.75) is 18.6 Å². The lowest BCUT2D eigenvalue weighted by Crippen LogP contribution is -2.54. The van der Waals surface area contributed by atoms with E-state index in [2.05, 4.69) is 4.72 Å². The van der Waals surface area contributed by atoms with Crippen LogP contribution in [0.25, 0.3) is 0 Å². The van der Waals surface area contributed by atoms with Crippen LogP contribution < -0.4 is 9.62 Å². The lowest BCUT2D eigenvalue weighted by atomic mass is 10.2. The smallest absolute Gasteiger partial charge is 0.369 e. The van der Waals surface area contributed by atoms with Gasteiger partial charge in [0.1, 0.15) is 6.04 Å². The van der Waals surface area contributed by atoms with Gasteiger partial charge in [0.2, 0.25) is 0 Å². The van der Waals surface area contributed by atoms with E-state index < -0.39 is 46.2 Å². The number of anilines is 1. The van der Waals surface area contributed by atoms with Crippen LogP contribution in [0, 0.1) is 0 Å². The molecule has 2 N–H and O–H groups in total. The lowest BCUT2D eigenvalue weighted by molar-refractivity contribution is -0.171. The highest BCUT2D eigenvalue weighted by Crippen LogP contribution is 2.30. The predicted octanol–water partition coefficient (Wildman–Crippen LogP) is 0.179. The molecule has 0 aromatic heterocycles. The molecule has 1 aromatic rings. The summed E-state index contributed by atoms with van der Waals surface area (Å²) in [5.41, 5.74) is -0.235. The molecule has 28 heavy (non-hydrogen) atoms. The molecule has 1 atom stereocenters. The zero-order valence-corrected chi connectivity index (χ0v) is 15.2. The van der Waals surface area contributed by atoms with Crippen molar-refractivity contribution in [2.24, 2.45) is 0 Å². The zero-order valence-electron chi connectivity index (χ0n) is 14.4. The Morgan fingerprint density at radius 1 is 1.04 bits per heavy atom. The van der Waals surface area contributed by atoms with Gasteiger partial charge in [0.05, 0.1) is 12.0 Å². The number of hydrogen-bond acceptors (Lipinski definition) is 6. The molecule has 2 heterocycles. The second kappa shape index (κ2) is 7.31. The topological polar surface area (TPSA) is 110 Å². The van der Waals surface area contributed by atoms with Gasteiger partial charge in [-0.05, 0) is 24.3 Å². The Balaban J connectivity index is 1.60. The predicted molar refractivity (Wildman–Crippen MR) is 89.3 cm³/mol. The molecule has 154 valence electrons. The van der Waals surface area contributed by atoms with Crippen LogP contribution in [0.4, 0.5) is 18.9 Å². The van der Waals surface area contributed by atoms with Crippen molar-refractivity contribution in [1.29, 1.82) is 0 Å². The molecule has 0 unspecified atom stereocenters. The van der Waals surface area contributed by atoms with E-state index >= 15 is 0 Å². The van der Waals surface area contributed by atoms with Crippen molar-refractivity contribution in [3.63, 3.8) is 0 Å².